The summed E-state index contributed by atoms with van der Waals surface area (Å²) in [5, 5.41) is 3.02. The molecule has 0 fully saturated rings. The molecule has 0 saturated carbocycles. The van der Waals surface area contributed by atoms with Gasteiger partial charge in [0.15, 0.2) is 11.5 Å². The van der Waals surface area contributed by atoms with E-state index in [1.165, 1.54) is 21.3 Å². The van der Waals surface area contributed by atoms with Gasteiger partial charge in [-0.2, -0.15) is 0 Å². The van der Waals surface area contributed by atoms with E-state index in [9.17, 15) is 4.79 Å². The van der Waals surface area contributed by atoms with Crippen molar-refractivity contribution in [3.8, 4) is 28.7 Å². The van der Waals surface area contributed by atoms with E-state index in [4.69, 9.17) is 24.7 Å². The summed E-state index contributed by atoms with van der Waals surface area (Å²) in [5.41, 5.74) is 6.64. The smallest absolute Gasteiger partial charge is 0.255 e. The Morgan fingerprint density at radius 1 is 1.00 bits per heavy atom. The first kappa shape index (κ1) is 23.3. The highest BCUT2D eigenvalue weighted by Crippen LogP contribution is 2.48. The van der Waals surface area contributed by atoms with Gasteiger partial charge in [-0.1, -0.05) is 19.1 Å². The minimum absolute atomic E-state index is 0.282. The van der Waals surface area contributed by atoms with Gasteiger partial charge in [0.2, 0.25) is 11.5 Å². The van der Waals surface area contributed by atoms with Gasteiger partial charge in [0, 0.05) is 11.6 Å². The molecular weight excluding hydrogens is 384 g/mol. The number of ether oxygens (including phenoxy) is 4. The number of carbonyl (C=O) groups is 1. The summed E-state index contributed by atoms with van der Waals surface area (Å²) in [4.78, 5) is 13.0. The molecule has 0 spiro atoms. The number of rotatable bonds is 10. The molecule has 0 aliphatic rings. The quantitative estimate of drug-likeness (QED) is 0.610. The summed E-state index contributed by atoms with van der Waals surface area (Å²) in [6, 6.07) is 9.21. The number of hydrogen-bond acceptors (Lipinski definition) is 6. The molecule has 0 saturated heterocycles. The maximum atomic E-state index is 13.0. The maximum Gasteiger partial charge on any atom is 0.255 e. The van der Waals surface area contributed by atoms with Crippen LogP contribution in [0.15, 0.2) is 30.3 Å². The molecule has 0 radical (unpaired) electrons. The lowest BCUT2D eigenvalue weighted by atomic mass is 10.0. The van der Waals surface area contributed by atoms with E-state index in [1.54, 1.807) is 6.07 Å². The molecule has 2 rings (SSSR count). The third-order valence-electron chi connectivity index (χ3n) is 4.93. The lowest BCUT2D eigenvalue weighted by Gasteiger charge is -2.26. The summed E-state index contributed by atoms with van der Waals surface area (Å²) in [6.45, 7) is 6.50. The van der Waals surface area contributed by atoms with Crippen molar-refractivity contribution in [2.75, 3.05) is 27.9 Å². The fourth-order valence-corrected chi connectivity index (χ4v) is 2.91. The van der Waals surface area contributed by atoms with Crippen molar-refractivity contribution >= 4 is 5.91 Å². The van der Waals surface area contributed by atoms with Gasteiger partial charge >= 0.3 is 0 Å². The predicted octanol–water partition coefficient (Wildman–Crippen LogP) is 3.92. The molecule has 0 bridgehead atoms. The Kier molecular flexibility index (Phi) is 7.94. The minimum Gasteiger partial charge on any atom is -0.492 e. The van der Waals surface area contributed by atoms with Crippen LogP contribution in [0.3, 0.4) is 0 Å². The number of carbonyl (C=O) groups excluding carboxylic acids is 1. The number of methoxy groups -OCH3 is 3. The fourth-order valence-electron chi connectivity index (χ4n) is 2.91. The summed E-state index contributed by atoms with van der Waals surface area (Å²) in [6.07, 6.45) is 1.56. The van der Waals surface area contributed by atoms with Crippen LogP contribution in [0.1, 0.15) is 43.1 Å². The van der Waals surface area contributed by atoms with E-state index in [-0.39, 0.29) is 22.9 Å². The van der Waals surface area contributed by atoms with E-state index in [0.717, 1.165) is 18.4 Å². The van der Waals surface area contributed by atoms with Crippen molar-refractivity contribution < 1.29 is 23.7 Å². The van der Waals surface area contributed by atoms with Crippen molar-refractivity contribution in [1.82, 2.24) is 5.32 Å². The average Bonchev–Trinajstić information content (AvgIpc) is 2.73. The Balaban J connectivity index is 2.51. The van der Waals surface area contributed by atoms with Crippen molar-refractivity contribution in [1.29, 1.82) is 0 Å². The second-order valence-electron chi connectivity index (χ2n) is 7.50. The Bertz CT molecular complexity index is 863. The molecule has 30 heavy (non-hydrogen) atoms. The van der Waals surface area contributed by atoms with Crippen molar-refractivity contribution in [3.63, 3.8) is 0 Å². The van der Waals surface area contributed by atoms with Crippen LogP contribution in [0.4, 0.5) is 0 Å². The Hall–Kier alpha value is -2.93. The van der Waals surface area contributed by atoms with Crippen LogP contribution in [0.2, 0.25) is 0 Å². The number of benzene rings is 2. The zero-order valence-electron chi connectivity index (χ0n) is 18.6. The van der Waals surface area contributed by atoms with Gasteiger partial charge in [-0.05, 0) is 50.9 Å². The molecule has 0 unspecified atom stereocenters. The van der Waals surface area contributed by atoms with Crippen LogP contribution in [-0.4, -0.2) is 39.3 Å². The summed E-state index contributed by atoms with van der Waals surface area (Å²) < 4.78 is 22.6. The Labute approximate surface area is 178 Å². The second-order valence-corrected chi connectivity index (χ2v) is 7.50. The van der Waals surface area contributed by atoms with Crippen LogP contribution in [0, 0.1) is 0 Å². The highest BCUT2D eigenvalue weighted by molar-refractivity contribution is 5.99. The van der Waals surface area contributed by atoms with Crippen LogP contribution in [0.25, 0.3) is 0 Å². The first-order chi connectivity index (χ1) is 14.3. The summed E-state index contributed by atoms with van der Waals surface area (Å²) in [5.74, 6) is 1.57. The molecule has 2 aromatic rings. The monoisotopic (exact) mass is 416 g/mol. The van der Waals surface area contributed by atoms with Crippen LogP contribution in [0.5, 0.6) is 28.7 Å². The number of amides is 1. The third-order valence-corrected chi connectivity index (χ3v) is 4.93. The van der Waals surface area contributed by atoms with Crippen molar-refractivity contribution in [3.05, 3.63) is 41.5 Å². The highest BCUT2D eigenvalue weighted by atomic mass is 16.5. The van der Waals surface area contributed by atoms with Crippen LogP contribution in [-0.2, 0) is 6.42 Å². The molecule has 0 aliphatic heterocycles. The Morgan fingerprint density at radius 2 is 1.60 bits per heavy atom. The molecule has 2 aromatic carbocycles. The molecule has 1 amide bonds. The van der Waals surface area contributed by atoms with Crippen molar-refractivity contribution in [2.45, 2.75) is 39.2 Å². The van der Waals surface area contributed by atoms with Gasteiger partial charge in [-0.3, -0.25) is 4.79 Å². The minimum atomic E-state index is -0.380. The first-order valence-corrected chi connectivity index (χ1v) is 9.92. The predicted molar refractivity (Wildman–Crippen MR) is 117 cm³/mol. The lowest BCUT2D eigenvalue weighted by Crippen LogP contribution is -2.42. The van der Waals surface area contributed by atoms with Gasteiger partial charge in [0.25, 0.3) is 5.91 Å². The first-order valence-electron chi connectivity index (χ1n) is 9.92. The zero-order chi connectivity index (χ0) is 22.3. The van der Waals surface area contributed by atoms with Gasteiger partial charge in [0.1, 0.15) is 5.75 Å². The molecule has 7 heteroatoms. The average molecular weight is 417 g/mol. The largest absolute Gasteiger partial charge is 0.492 e. The SMILES string of the molecule is CCC(C)(C)NC(=O)c1cc(Oc2ccc(CCN)cc2)c(OC)c(OC)c1OC. The summed E-state index contributed by atoms with van der Waals surface area (Å²) >= 11 is 0. The third kappa shape index (κ3) is 5.36. The van der Waals surface area contributed by atoms with Crippen molar-refractivity contribution in [2.24, 2.45) is 5.73 Å². The highest BCUT2D eigenvalue weighted by Gasteiger charge is 2.28. The molecule has 164 valence electrons. The van der Waals surface area contributed by atoms with Crippen LogP contribution < -0.4 is 30.0 Å². The van der Waals surface area contributed by atoms with E-state index >= 15 is 0 Å². The fraction of sp³-hybridized carbons (Fsp3) is 0.435. The molecule has 7 nitrogen and oxygen atoms in total. The van der Waals surface area contributed by atoms with E-state index in [1.807, 2.05) is 45.0 Å². The van der Waals surface area contributed by atoms with Gasteiger partial charge in [0.05, 0.1) is 26.9 Å². The molecule has 0 atom stereocenters. The standard InChI is InChI=1S/C23H32N2O5/c1-7-23(2,3)25-22(26)17-14-18(20(28-5)21(29-6)19(17)27-4)30-16-10-8-15(9-11-16)12-13-24/h8-11,14H,7,12-13,24H2,1-6H3,(H,25,26). The Morgan fingerprint density at radius 3 is 2.10 bits per heavy atom. The number of hydrogen-bond donors (Lipinski definition) is 2. The topological polar surface area (TPSA) is 92.0 Å². The number of nitrogens with one attached hydrogen (secondary N) is 1. The van der Waals surface area contributed by atoms with Gasteiger partial charge in [-0.25, -0.2) is 0 Å². The number of nitrogens with two attached hydrogens (primary N) is 1. The summed E-state index contributed by atoms with van der Waals surface area (Å²) in [7, 11) is 4.48. The molecular formula is C23H32N2O5. The molecule has 0 aliphatic carbocycles. The molecule has 0 aromatic heterocycles. The van der Waals surface area contributed by atoms with E-state index in [0.29, 0.717) is 29.4 Å². The molecule has 0 heterocycles. The maximum absolute atomic E-state index is 13.0. The second kappa shape index (κ2) is 10.2. The van der Waals surface area contributed by atoms with E-state index in [2.05, 4.69) is 5.32 Å². The van der Waals surface area contributed by atoms with Gasteiger partial charge in [-0.15, -0.1) is 0 Å². The lowest BCUT2D eigenvalue weighted by molar-refractivity contribution is 0.0907. The van der Waals surface area contributed by atoms with Gasteiger partial charge < -0.3 is 30.0 Å². The van der Waals surface area contributed by atoms with Crippen LogP contribution >= 0.6 is 0 Å². The zero-order valence-corrected chi connectivity index (χ0v) is 18.6. The molecule has 3 N–H and O–H groups in total. The normalized spacial score (nSPS) is 11.0. The van der Waals surface area contributed by atoms with E-state index < -0.39 is 0 Å².